The molecule has 0 aliphatic heterocycles. The van der Waals surface area contributed by atoms with E-state index < -0.39 is 0 Å². The van der Waals surface area contributed by atoms with E-state index in [1.165, 1.54) is 11.1 Å². The number of halogens is 1. The van der Waals surface area contributed by atoms with Gasteiger partial charge in [0.05, 0.1) is 5.88 Å². The molecule has 0 fully saturated rings. The van der Waals surface area contributed by atoms with Crippen molar-refractivity contribution in [1.29, 1.82) is 0 Å². The van der Waals surface area contributed by atoms with Gasteiger partial charge in [0.2, 0.25) is 0 Å². The van der Waals surface area contributed by atoms with Crippen LogP contribution in [0.1, 0.15) is 11.1 Å². The van der Waals surface area contributed by atoms with Gasteiger partial charge in [0.15, 0.2) is 0 Å². The SMILES string of the molecule is C=CCc1cc(C)ccc1OCCCl. The summed E-state index contributed by atoms with van der Waals surface area (Å²) in [7, 11) is 0. The minimum absolute atomic E-state index is 0.515. The third kappa shape index (κ3) is 3.08. The van der Waals surface area contributed by atoms with Crippen molar-refractivity contribution in [3.63, 3.8) is 0 Å². The highest BCUT2D eigenvalue weighted by atomic mass is 35.5. The summed E-state index contributed by atoms with van der Waals surface area (Å²) in [6.07, 6.45) is 2.71. The Labute approximate surface area is 90.3 Å². The first-order chi connectivity index (χ1) is 6.77. The molecule has 0 aromatic heterocycles. The number of hydrogen-bond acceptors (Lipinski definition) is 1. The molecular formula is C12H15ClO. The van der Waals surface area contributed by atoms with Crippen molar-refractivity contribution >= 4 is 11.6 Å². The molecule has 0 spiro atoms. The quantitative estimate of drug-likeness (QED) is 0.535. The molecule has 0 N–H and O–H groups in total. The third-order valence-corrected chi connectivity index (χ3v) is 2.07. The average molecular weight is 211 g/mol. The van der Waals surface area contributed by atoms with Crippen LogP contribution in [0.5, 0.6) is 5.75 Å². The Morgan fingerprint density at radius 3 is 2.93 bits per heavy atom. The summed E-state index contributed by atoms with van der Waals surface area (Å²) in [5.41, 5.74) is 2.41. The molecule has 14 heavy (non-hydrogen) atoms. The van der Waals surface area contributed by atoms with Gasteiger partial charge in [-0.05, 0) is 25.0 Å². The maximum absolute atomic E-state index is 5.57. The first kappa shape index (κ1) is 11.1. The van der Waals surface area contributed by atoms with E-state index in [0.29, 0.717) is 12.5 Å². The molecule has 0 amide bonds. The first-order valence-electron chi connectivity index (χ1n) is 4.67. The molecule has 1 nitrogen and oxygen atoms in total. The number of benzene rings is 1. The Hall–Kier alpha value is -0.950. The van der Waals surface area contributed by atoms with Crippen molar-refractivity contribution in [2.45, 2.75) is 13.3 Å². The van der Waals surface area contributed by atoms with Crippen LogP contribution in [0.4, 0.5) is 0 Å². The van der Waals surface area contributed by atoms with E-state index >= 15 is 0 Å². The molecule has 0 heterocycles. The Morgan fingerprint density at radius 2 is 2.29 bits per heavy atom. The molecule has 0 unspecified atom stereocenters. The van der Waals surface area contributed by atoms with Gasteiger partial charge in [-0.15, -0.1) is 18.2 Å². The van der Waals surface area contributed by atoms with Crippen LogP contribution >= 0.6 is 11.6 Å². The van der Waals surface area contributed by atoms with Crippen LogP contribution in [0.2, 0.25) is 0 Å². The van der Waals surface area contributed by atoms with Crippen LogP contribution in [-0.4, -0.2) is 12.5 Å². The Bertz CT molecular complexity index is 307. The molecule has 76 valence electrons. The van der Waals surface area contributed by atoms with Crippen molar-refractivity contribution in [3.8, 4) is 5.75 Å². The van der Waals surface area contributed by atoms with Crippen molar-refractivity contribution in [1.82, 2.24) is 0 Å². The topological polar surface area (TPSA) is 9.23 Å². The molecule has 0 aliphatic carbocycles. The van der Waals surface area contributed by atoms with Crippen LogP contribution in [0.15, 0.2) is 30.9 Å². The van der Waals surface area contributed by atoms with Crippen LogP contribution in [0, 0.1) is 6.92 Å². The molecule has 1 aromatic rings. The smallest absolute Gasteiger partial charge is 0.122 e. The van der Waals surface area contributed by atoms with Gasteiger partial charge in [0.25, 0.3) is 0 Å². The molecule has 1 aromatic carbocycles. The lowest BCUT2D eigenvalue weighted by Gasteiger charge is -2.09. The van der Waals surface area contributed by atoms with E-state index in [1.807, 2.05) is 18.2 Å². The van der Waals surface area contributed by atoms with Crippen LogP contribution in [0.3, 0.4) is 0 Å². The first-order valence-corrected chi connectivity index (χ1v) is 5.20. The summed E-state index contributed by atoms with van der Waals surface area (Å²) in [5, 5.41) is 0. The molecule has 0 radical (unpaired) electrons. The number of ether oxygens (including phenoxy) is 1. The molecule has 0 bridgehead atoms. The van der Waals surface area contributed by atoms with Crippen molar-refractivity contribution in [2.75, 3.05) is 12.5 Å². The van der Waals surface area contributed by atoms with Crippen molar-refractivity contribution in [3.05, 3.63) is 42.0 Å². The van der Waals surface area contributed by atoms with E-state index in [4.69, 9.17) is 16.3 Å². The molecule has 0 atom stereocenters. The van der Waals surface area contributed by atoms with Crippen LogP contribution in [-0.2, 0) is 6.42 Å². The summed E-state index contributed by atoms with van der Waals surface area (Å²) in [4.78, 5) is 0. The zero-order valence-electron chi connectivity index (χ0n) is 8.42. The van der Waals surface area contributed by atoms with E-state index in [-0.39, 0.29) is 0 Å². The fraction of sp³-hybridized carbons (Fsp3) is 0.333. The molecule has 0 saturated heterocycles. The van der Waals surface area contributed by atoms with E-state index in [0.717, 1.165) is 12.2 Å². The van der Waals surface area contributed by atoms with Crippen LogP contribution in [0.25, 0.3) is 0 Å². The molecule has 1 rings (SSSR count). The lowest BCUT2D eigenvalue weighted by atomic mass is 10.1. The summed E-state index contributed by atoms with van der Waals surface area (Å²) < 4.78 is 5.51. The van der Waals surface area contributed by atoms with Crippen molar-refractivity contribution < 1.29 is 4.74 Å². The number of rotatable bonds is 5. The fourth-order valence-corrected chi connectivity index (χ4v) is 1.39. The van der Waals surface area contributed by atoms with E-state index in [9.17, 15) is 0 Å². The largest absolute Gasteiger partial charge is 0.492 e. The Kier molecular flexibility index (Phi) is 4.54. The molecule has 0 saturated carbocycles. The Balaban J connectivity index is 2.83. The normalized spacial score (nSPS) is 9.86. The van der Waals surface area contributed by atoms with Gasteiger partial charge in [-0.3, -0.25) is 0 Å². The maximum Gasteiger partial charge on any atom is 0.122 e. The second kappa shape index (κ2) is 5.71. The number of alkyl halides is 1. The van der Waals surface area contributed by atoms with Gasteiger partial charge in [0, 0.05) is 0 Å². The van der Waals surface area contributed by atoms with Crippen LogP contribution < -0.4 is 4.74 Å². The lowest BCUT2D eigenvalue weighted by Crippen LogP contribution is -2.01. The highest BCUT2D eigenvalue weighted by Gasteiger charge is 2.01. The highest BCUT2D eigenvalue weighted by molar-refractivity contribution is 6.18. The minimum atomic E-state index is 0.515. The maximum atomic E-state index is 5.57. The summed E-state index contributed by atoms with van der Waals surface area (Å²) >= 11 is 5.57. The van der Waals surface area contributed by atoms with Gasteiger partial charge in [-0.1, -0.05) is 23.8 Å². The van der Waals surface area contributed by atoms with Crippen molar-refractivity contribution in [2.24, 2.45) is 0 Å². The average Bonchev–Trinajstić information content (AvgIpc) is 2.17. The standard InChI is InChI=1S/C12H15ClO/c1-3-4-11-9-10(2)5-6-12(11)14-8-7-13/h3,5-6,9H,1,4,7-8H2,2H3. The van der Waals surface area contributed by atoms with Gasteiger partial charge >= 0.3 is 0 Å². The predicted octanol–water partition coefficient (Wildman–Crippen LogP) is 3.34. The van der Waals surface area contributed by atoms with Gasteiger partial charge in [-0.25, -0.2) is 0 Å². The monoisotopic (exact) mass is 210 g/mol. The second-order valence-corrected chi connectivity index (χ2v) is 3.52. The fourth-order valence-electron chi connectivity index (χ4n) is 1.31. The number of hydrogen-bond donors (Lipinski definition) is 0. The van der Waals surface area contributed by atoms with E-state index in [2.05, 4.69) is 19.6 Å². The third-order valence-electron chi connectivity index (χ3n) is 1.91. The van der Waals surface area contributed by atoms with Gasteiger partial charge < -0.3 is 4.74 Å². The second-order valence-electron chi connectivity index (χ2n) is 3.14. The Morgan fingerprint density at radius 1 is 1.50 bits per heavy atom. The summed E-state index contributed by atoms with van der Waals surface area (Å²) in [5.74, 6) is 1.43. The predicted molar refractivity (Wildman–Crippen MR) is 61.3 cm³/mol. The zero-order valence-corrected chi connectivity index (χ0v) is 9.18. The molecule has 0 aliphatic rings. The van der Waals surface area contributed by atoms with Gasteiger partial charge in [0.1, 0.15) is 12.4 Å². The van der Waals surface area contributed by atoms with E-state index in [1.54, 1.807) is 0 Å². The van der Waals surface area contributed by atoms with Gasteiger partial charge in [-0.2, -0.15) is 0 Å². The lowest BCUT2D eigenvalue weighted by molar-refractivity contribution is 0.339. The number of aryl methyl sites for hydroxylation is 1. The molecule has 2 heteroatoms. The highest BCUT2D eigenvalue weighted by Crippen LogP contribution is 2.20. The minimum Gasteiger partial charge on any atom is -0.492 e. The zero-order chi connectivity index (χ0) is 10.4. The number of allylic oxidation sites excluding steroid dienone is 1. The summed E-state index contributed by atoms with van der Waals surface area (Å²) in [6, 6.07) is 6.14. The molecular weight excluding hydrogens is 196 g/mol. The summed E-state index contributed by atoms with van der Waals surface area (Å²) in [6.45, 7) is 6.34.